The number of hydrogen-bond acceptors (Lipinski definition) is 4. The highest BCUT2D eigenvalue weighted by atomic mass is 32.2. The Morgan fingerprint density at radius 1 is 1.62 bits per heavy atom. The van der Waals surface area contributed by atoms with Crippen molar-refractivity contribution in [3.63, 3.8) is 0 Å². The number of aromatic nitrogens is 2. The Morgan fingerprint density at radius 3 is 2.92 bits per heavy atom. The molecule has 0 unspecified atom stereocenters. The van der Waals surface area contributed by atoms with Gasteiger partial charge in [-0.15, -0.1) is 0 Å². The van der Waals surface area contributed by atoms with E-state index in [0.29, 0.717) is 19.5 Å². The summed E-state index contributed by atoms with van der Waals surface area (Å²) in [6.07, 6.45) is 3.19. The molecule has 0 radical (unpaired) electrons. The fraction of sp³-hybridized carbons (Fsp3) is 0.500. The molecule has 0 fully saturated rings. The first-order valence-corrected chi connectivity index (χ1v) is 5.33. The van der Waals surface area contributed by atoms with E-state index in [9.17, 15) is 8.42 Å². The van der Waals surface area contributed by atoms with Crippen LogP contribution in [0, 0.1) is 0 Å². The van der Waals surface area contributed by atoms with Gasteiger partial charge in [0.05, 0.1) is 12.5 Å². The molecule has 0 aliphatic carbocycles. The van der Waals surface area contributed by atoms with Crippen molar-refractivity contribution in [2.75, 3.05) is 13.1 Å². The summed E-state index contributed by atoms with van der Waals surface area (Å²) in [6, 6.07) is 0. The van der Waals surface area contributed by atoms with E-state index in [1.807, 2.05) is 0 Å². The molecule has 1 heterocycles. The maximum atomic E-state index is 11.3. The standard InChI is InChI=1S/C6H12N4O2S/c7-2-1-3-10-13(11,12)6-4-8-5-9-6/h4-5,10H,1-3,7H2,(H,8,9). The quantitative estimate of drug-likeness (QED) is 0.537. The Labute approximate surface area is 76.6 Å². The zero-order chi connectivity index (χ0) is 9.73. The summed E-state index contributed by atoms with van der Waals surface area (Å²) in [6.45, 7) is 0.809. The van der Waals surface area contributed by atoms with Gasteiger partial charge in [-0.25, -0.2) is 18.1 Å². The molecule has 0 saturated heterocycles. The van der Waals surface area contributed by atoms with Crippen LogP contribution >= 0.6 is 0 Å². The lowest BCUT2D eigenvalue weighted by atomic mass is 10.4. The van der Waals surface area contributed by atoms with E-state index < -0.39 is 10.0 Å². The molecule has 1 rings (SSSR count). The fourth-order valence-corrected chi connectivity index (χ4v) is 1.75. The zero-order valence-corrected chi connectivity index (χ0v) is 7.84. The second-order valence-corrected chi connectivity index (χ2v) is 4.19. The lowest BCUT2D eigenvalue weighted by Crippen LogP contribution is -2.26. The number of nitrogens with two attached hydrogens (primary N) is 1. The van der Waals surface area contributed by atoms with Crippen LogP contribution in [0.15, 0.2) is 17.6 Å². The molecule has 0 aliphatic rings. The molecule has 1 aromatic rings. The molecule has 0 atom stereocenters. The number of imidazole rings is 1. The number of aromatic amines is 1. The largest absolute Gasteiger partial charge is 0.335 e. The van der Waals surface area contributed by atoms with Gasteiger partial charge in [0.15, 0.2) is 5.03 Å². The molecule has 0 amide bonds. The zero-order valence-electron chi connectivity index (χ0n) is 7.03. The lowest BCUT2D eigenvalue weighted by molar-refractivity contribution is 0.576. The van der Waals surface area contributed by atoms with Crippen molar-refractivity contribution in [3.8, 4) is 0 Å². The van der Waals surface area contributed by atoms with Gasteiger partial charge in [-0.1, -0.05) is 0 Å². The van der Waals surface area contributed by atoms with Crippen LogP contribution in [0.3, 0.4) is 0 Å². The molecule has 6 nitrogen and oxygen atoms in total. The monoisotopic (exact) mass is 204 g/mol. The number of H-pyrrole nitrogens is 1. The summed E-state index contributed by atoms with van der Waals surface area (Å²) in [5.41, 5.74) is 5.22. The Hall–Kier alpha value is -0.920. The summed E-state index contributed by atoms with van der Waals surface area (Å²) in [5, 5.41) is 0.0736. The van der Waals surface area contributed by atoms with Gasteiger partial charge in [0.2, 0.25) is 0 Å². The number of nitrogens with zero attached hydrogens (tertiary/aromatic N) is 1. The summed E-state index contributed by atoms with van der Waals surface area (Å²) in [5.74, 6) is 0. The van der Waals surface area contributed by atoms with Gasteiger partial charge in [0.1, 0.15) is 0 Å². The summed E-state index contributed by atoms with van der Waals surface area (Å²) < 4.78 is 25.1. The average Bonchev–Trinajstić information content (AvgIpc) is 2.56. The smallest absolute Gasteiger partial charge is 0.257 e. The predicted molar refractivity (Wildman–Crippen MR) is 47.4 cm³/mol. The minimum absolute atomic E-state index is 0.0736. The third kappa shape index (κ3) is 2.79. The highest BCUT2D eigenvalue weighted by Crippen LogP contribution is 2.00. The van der Waals surface area contributed by atoms with Gasteiger partial charge in [-0.3, -0.25) is 0 Å². The van der Waals surface area contributed by atoms with E-state index in [4.69, 9.17) is 5.73 Å². The van der Waals surface area contributed by atoms with Crippen LogP contribution in [0.1, 0.15) is 6.42 Å². The Morgan fingerprint density at radius 2 is 2.38 bits per heavy atom. The number of hydrogen-bond donors (Lipinski definition) is 3. The maximum absolute atomic E-state index is 11.3. The summed E-state index contributed by atoms with van der Waals surface area (Å²) in [7, 11) is -3.41. The average molecular weight is 204 g/mol. The van der Waals surface area contributed by atoms with Gasteiger partial charge < -0.3 is 10.7 Å². The van der Waals surface area contributed by atoms with Crippen molar-refractivity contribution >= 4 is 10.0 Å². The first kappa shape index (κ1) is 10.2. The van der Waals surface area contributed by atoms with Gasteiger partial charge >= 0.3 is 0 Å². The second kappa shape index (κ2) is 4.35. The first-order chi connectivity index (χ1) is 6.17. The van der Waals surface area contributed by atoms with Gasteiger partial charge in [-0.2, -0.15) is 0 Å². The van der Waals surface area contributed by atoms with Crippen LogP contribution in [0.25, 0.3) is 0 Å². The molecule has 13 heavy (non-hydrogen) atoms. The molecule has 74 valence electrons. The van der Waals surface area contributed by atoms with Crippen molar-refractivity contribution in [1.82, 2.24) is 14.7 Å². The van der Waals surface area contributed by atoms with Crippen LogP contribution in [0.2, 0.25) is 0 Å². The van der Waals surface area contributed by atoms with Crippen LogP contribution in [0.4, 0.5) is 0 Å². The number of nitrogens with one attached hydrogen (secondary N) is 2. The molecular formula is C6H12N4O2S. The maximum Gasteiger partial charge on any atom is 0.257 e. The van der Waals surface area contributed by atoms with Gasteiger partial charge in [0, 0.05) is 6.54 Å². The molecular weight excluding hydrogens is 192 g/mol. The fourth-order valence-electron chi connectivity index (χ4n) is 0.776. The topological polar surface area (TPSA) is 101 Å². The molecule has 0 bridgehead atoms. The number of sulfonamides is 1. The van der Waals surface area contributed by atoms with Crippen LogP contribution in [-0.4, -0.2) is 31.5 Å². The minimum Gasteiger partial charge on any atom is -0.335 e. The Balaban J connectivity index is 2.58. The molecule has 1 aromatic heterocycles. The molecule has 0 aliphatic heterocycles. The van der Waals surface area contributed by atoms with E-state index in [2.05, 4.69) is 14.7 Å². The third-order valence-corrected chi connectivity index (χ3v) is 2.82. The summed E-state index contributed by atoms with van der Waals surface area (Å²) >= 11 is 0. The highest BCUT2D eigenvalue weighted by molar-refractivity contribution is 7.89. The highest BCUT2D eigenvalue weighted by Gasteiger charge is 2.13. The SMILES string of the molecule is NCCCNS(=O)(=O)c1cnc[nH]1. The first-order valence-electron chi connectivity index (χ1n) is 3.85. The van der Waals surface area contributed by atoms with Crippen molar-refractivity contribution in [2.45, 2.75) is 11.4 Å². The van der Waals surface area contributed by atoms with E-state index in [1.54, 1.807) is 0 Å². The Kier molecular flexibility index (Phi) is 3.40. The van der Waals surface area contributed by atoms with E-state index >= 15 is 0 Å². The van der Waals surface area contributed by atoms with Crippen molar-refractivity contribution in [2.24, 2.45) is 5.73 Å². The predicted octanol–water partition coefficient (Wildman–Crippen LogP) is -0.963. The number of rotatable bonds is 5. The molecule has 0 saturated carbocycles. The van der Waals surface area contributed by atoms with Crippen LogP contribution in [0.5, 0.6) is 0 Å². The lowest BCUT2D eigenvalue weighted by Gasteiger charge is -2.02. The van der Waals surface area contributed by atoms with Crippen molar-refractivity contribution in [3.05, 3.63) is 12.5 Å². The molecule has 7 heteroatoms. The Bertz CT molecular complexity index is 332. The normalized spacial score (nSPS) is 11.8. The molecule has 0 aromatic carbocycles. The van der Waals surface area contributed by atoms with Crippen LogP contribution in [-0.2, 0) is 10.0 Å². The van der Waals surface area contributed by atoms with E-state index in [0.717, 1.165) is 0 Å². The van der Waals surface area contributed by atoms with E-state index in [1.165, 1.54) is 12.5 Å². The van der Waals surface area contributed by atoms with Crippen molar-refractivity contribution < 1.29 is 8.42 Å². The second-order valence-electron chi connectivity index (χ2n) is 2.46. The van der Waals surface area contributed by atoms with E-state index in [-0.39, 0.29) is 5.03 Å². The van der Waals surface area contributed by atoms with Gasteiger partial charge in [-0.05, 0) is 13.0 Å². The molecule has 0 spiro atoms. The third-order valence-electron chi connectivity index (χ3n) is 1.44. The van der Waals surface area contributed by atoms with Crippen LogP contribution < -0.4 is 10.5 Å². The van der Waals surface area contributed by atoms with Crippen molar-refractivity contribution in [1.29, 1.82) is 0 Å². The summed E-state index contributed by atoms with van der Waals surface area (Å²) in [4.78, 5) is 6.13. The molecule has 4 N–H and O–H groups in total. The van der Waals surface area contributed by atoms with Gasteiger partial charge in [0.25, 0.3) is 10.0 Å². The minimum atomic E-state index is -3.41.